The zero-order valence-electron chi connectivity index (χ0n) is 11.9. The second-order valence-electron chi connectivity index (χ2n) is 5.64. The number of amides is 1. The minimum atomic E-state index is -0.644. The van der Waals surface area contributed by atoms with Crippen LogP contribution in [0.3, 0.4) is 0 Å². The first-order chi connectivity index (χ1) is 8.70. The molecule has 0 aliphatic carbocycles. The van der Waals surface area contributed by atoms with E-state index in [0.717, 1.165) is 6.42 Å². The van der Waals surface area contributed by atoms with Crippen LogP contribution in [0, 0.1) is 0 Å². The van der Waals surface area contributed by atoms with E-state index in [9.17, 15) is 14.4 Å². The van der Waals surface area contributed by atoms with Crippen molar-refractivity contribution in [3.05, 3.63) is 0 Å². The molecule has 0 spiro atoms. The molecule has 1 amide bonds. The van der Waals surface area contributed by atoms with Gasteiger partial charge in [-0.3, -0.25) is 9.69 Å². The summed E-state index contributed by atoms with van der Waals surface area (Å²) >= 11 is 0. The average molecular weight is 271 g/mol. The van der Waals surface area contributed by atoms with E-state index >= 15 is 0 Å². The van der Waals surface area contributed by atoms with Crippen molar-refractivity contribution >= 4 is 17.8 Å². The second kappa shape index (κ2) is 6.04. The van der Waals surface area contributed by atoms with E-state index < -0.39 is 23.7 Å². The average Bonchev–Trinajstić information content (AvgIpc) is 2.72. The van der Waals surface area contributed by atoms with E-state index in [2.05, 4.69) is 0 Å². The topological polar surface area (TPSA) is 72.9 Å². The molecule has 19 heavy (non-hydrogen) atoms. The van der Waals surface area contributed by atoms with E-state index in [-0.39, 0.29) is 12.4 Å². The van der Waals surface area contributed by atoms with Gasteiger partial charge in [0.05, 0.1) is 0 Å². The van der Waals surface area contributed by atoms with Crippen LogP contribution in [0.1, 0.15) is 40.5 Å². The monoisotopic (exact) mass is 271 g/mol. The molecular weight excluding hydrogens is 250 g/mol. The summed E-state index contributed by atoms with van der Waals surface area (Å²) in [4.78, 5) is 35.9. The standard InChI is InChI=1S/C13H21NO5/c1-9(15)8-18-11(16)10-6-5-7-14(10)12(17)19-13(2,3)4/h10H,5-8H2,1-4H3/t10-/m0/s1. The van der Waals surface area contributed by atoms with Crippen LogP contribution >= 0.6 is 0 Å². The van der Waals surface area contributed by atoms with E-state index in [4.69, 9.17) is 9.47 Å². The van der Waals surface area contributed by atoms with Crippen LogP contribution in [-0.2, 0) is 19.1 Å². The van der Waals surface area contributed by atoms with E-state index in [1.807, 2.05) is 0 Å². The maximum atomic E-state index is 11.9. The summed E-state index contributed by atoms with van der Waals surface area (Å²) < 4.78 is 10.1. The van der Waals surface area contributed by atoms with Gasteiger partial charge in [0.2, 0.25) is 0 Å². The summed E-state index contributed by atoms with van der Waals surface area (Å²) in [6.07, 6.45) is 0.740. The first-order valence-corrected chi connectivity index (χ1v) is 6.36. The zero-order chi connectivity index (χ0) is 14.6. The Labute approximate surface area is 113 Å². The summed E-state index contributed by atoms with van der Waals surface area (Å²) in [7, 11) is 0. The fourth-order valence-corrected chi connectivity index (χ4v) is 1.82. The van der Waals surface area contributed by atoms with Gasteiger partial charge in [-0.2, -0.15) is 0 Å². The molecule has 1 fully saturated rings. The second-order valence-corrected chi connectivity index (χ2v) is 5.64. The molecule has 0 N–H and O–H groups in total. The van der Waals surface area contributed by atoms with Crippen molar-refractivity contribution in [1.82, 2.24) is 4.90 Å². The molecule has 1 saturated heterocycles. The Kier molecular flexibility index (Phi) is 4.91. The number of ether oxygens (including phenoxy) is 2. The number of carbonyl (C=O) groups excluding carboxylic acids is 3. The lowest BCUT2D eigenvalue weighted by atomic mass is 10.2. The lowest BCUT2D eigenvalue weighted by Crippen LogP contribution is -2.44. The highest BCUT2D eigenvalue weighted by atomic mass is 16.6. The first kappa shape index (κ1) is 15.5. The molecule has 1 heterocycles. The molecule has 0 radical (unpaired) electrons. The molecule has 108 valence electrons. The molecular formula is C13H21NO5. The summed E-state index contributed by atoms with van der Waals surface area (Å²) in [5.41, 5.74) is -0.604. The molecule has 0 saturated carbocycles. The van der Waals surface area contributed by atoms with E-state index in [1.54, 1.807) is 20.8 Å². The molecule has 0 aromatic rings. The maximum Gasteiger partial charge on any atom is 0.411 e. The third-order valence-corrected chi connectivity index (χ3v) is 2.57. The summed E-state index contributed by atoms with van der Waals surface area (Å²) in [6, 6.07) is -0.644. The van der Waals surface area contributed by atoms with Crippen molar-refractivity contribution in [1.29, 1.82) is 0 Å². The van der Waals surface area contributed by atoms with Gasteiger partial charge in [0.15, 0.2) is 5.78 Å². The van der Waals surface area contributed by atoms with Crippen LogP contribution < -0.4 is 0 Å². The number of esters is 1. The Balaban J connectivity index is 2.60. The molecule has 0 aromatic carbocycles. The van der Waals surface area contributed by atoms with E-state index in [1.165, 1.54) is 11.8 Å². The fourth-order valence-electron chi connectivity index (χ4n) is 1.82. The zero-order valence-corrected chi connectivity index (χ0v) is 11.9. The van der Waals surface area contributed by atoms with Crippen molar-refractivity contribution < 1.29 is 23.9 Å². The highest BCUT2D eigenvalue weighted by Crippen LogP contribution is 2.21. The van der Waals surface area contributed by atoms with Gasteiger partial charge in [0, 0.05) is 6.54 Å². The number of nitrogens with zero attached hydrogens (tertiary/aromatic N) is 1. The predicted octanol–water partition coefficient (Wildman–Crippen LogP) is 1.52. The molecule has 6 heteroatoms. The number of hydrogen-bond donors (Lipinski definition) is 0. The molecule has 0 aromatic heterocycles. The number of Topliss-reactive ketones (excluding diaryl/α,β-unsaturated/α-hetero) is 1. The number of carbonyl (C=O) groups is 3. The predicted molar refractivity (Wildman–Crippen MR) is 67.6 cm³/mol. The third-order valence-electron chi connectivity index (χ3n) is 2.57. The minimum absolute atomic E-state index is 0.227. The normalized spacial score (nSPS) is 19.2. The maximum absolute atomic E-state index is 11.9. The molecule has 0 unspecified atom stereocenters. The van der Waals surface area contributed by atoms with Crippen molar-refractivity contribution in [3.63, 3.8) is 0 Å². The molecule has 1 rings (SSSR count). The van der Waals surface area contributed by atoms with Gasteiger partial charge in [-0.25, -0.2) is 9.59 Å². The summed E-state index contributed by atoms with van der Waals surface area (Å²) in [5.74, 6) is -0.770. The van der Waals surface area contributed by atoms with Crippen LogP contribution in [0.2, 0.25) is 0 Å². The van der Waals surface area contributed by atoms with Crippen molar-refractivity contribution in [3.8, 4) is 0 Å². The smallest absolute Gasteiger partial charge is 0.411 e. The SMILES string of the molecule is CC(=O)COC(=O)[C@@H]1CCCN1C(=O)OC(C)(C)C. The molecule has 1 aliphatic heterocycles. The Bertz CT molecular complexity index is 372. The van der Waals surface area contributed by atoms with E-state index in [0.29, 0.717) is 13.0 Å². The molecule has 0 bridgehead atoms. The molecule has 6 nitrogen and oxygen atoms in total. The van der Waals surface area contributed by atoms with Crippen molar-refractivity contribution in [2.24, 2.45) is 0 Å². The van der Waals surface area contributed by atoms with Gasteiger partial charge in [-0.05, 0) is 40.5 Å². The Morgan fingerprint density at radius 1 is 1.26 bits per heavy atom. The highest BCUT2D eigenvalue weighted by molar-refractivity contribution is 5.85. The minimum Gasteiger partial charge on any atom is -0.456 e. The Morgan fingerprint density at radius 3 is 2.42 bits per heavy atom. The fraction of sp³-hybridized carbons (Fsp3) is 0.769. The number of hydrogen-bond acceptors (Lipinski definition) is 5. The van der Waals surface area contributed by atoms with Crippen LogP contribution in [-0.4, -0.2) is 47.5 Å². The lowest BCUT2D eigenvalue weighted by molar-refractivity contribution is -0.151. The molecule has 1 aliphatic rings. The van der Waals surface area contributed by atoms with Gasteiger partial charge >= 0.3 is 12.1 Å². The largest absolute Gasteiger partial charge is 0.456 e. The lowest BCUT2D eigenvalue weighted by Gasteiger charge is -2.27. The number of rotatable bonds is 3. The van der Waals surface area contributed by atoms with Crippen LogP contribution in [0.4, 0.5) is 4.79 Å². The Hall–Kier alpha value is -1.59. The van der Waals surface area contributed by atoms with Gasteiger partial charge in [0.1, 0.15) is 18.2 Å². The quantitative estimate of drug-likeness (QED) is 0.728. The Morgan fingerprint density at radius 2 is 1.89 bits per heavy atom. The highest BCUT2D eigenvalue weighted by Gasteiger charge is 2.37. The third kappa shape index (κ3) is 4.89. The first-order valence-electron chi connectivity index (χ1n) is 6.36. The number of ketones is 1. The van der Waals surface area contributed by atoms with Gasteiger partial charge < -0.3 is 9.47 Å². The van der Waals surface area contributed by atoms with Crippen molar-refractivity contribution in [2.45, 2.75) is 52.2 Å². The van der Waals surface area contributed by atoms with Gasteiger partial charge in [-0.15, -0.1) is 0 Å². The summed E-state index contributed by atoms with van der Waals surface area (Å²) in [6.45, 7) is 6.86. The van der Waals surface area contributed by atoms with Gasteiger partial charge in [-0.1, -0.05) is 0 Å². The van der Waals surface area contributed by atoms with Crippen LogP contribution in [0.5, 0.6) is 0 Å². The number of likely N-dealkylation sites (tertiary alicyclic amines) is 1. The summed E-state index contributed by atoms with van der Waals surface area (Å²) in [5, 5.41) is 0. The molecule has 1 atom stereocenters. The van der Waals surface area contributed by atoms with Crippen molar-refractivity contribution in [2.75, 3.05) is 13.2 Å². The van der Waals surface area contributed by atoms with Crippen LogP contribution in [0.25, 0.3) is 0 Å². The van der Waals surface area contributed by atoms with Gasteiger partial charge in [0.25, 0.3) is 0 Å². The van der Waals surface area contributed by atoms with Crippen LogP contribution in [0.15, 0.2) is 0 Å².